The number of nitrogens with zero attached hydrogens (tertiary/aromatic N) is 1. The van der Waals surface area contributed by atoms with Crippen LogP contribution in [0.25, 0.3) is 6.08 Å². The Balaban J connectivity index is 2.00. The van der Waals surface area contributed by atoms with Crippen molar-refractivity contribution in [1.82, 2.24) is 0 Å². The van der Waals surface area contributed by atoms with E-state index in [-0.39, 0.29) is 5.91 Å². The van der Waals surface area contributed by atoms with Gasteiger partial charge in [-0.25, -0.2) is 4.79 Å². The third kappa shape index (κ3) is 5.60. The molecule has 27 heavy (non-hydrogen) atoms. The topological polar surface area (TPSA) is 65.1 Å². The smallest absolute Gasteiger partial charge is 0.331 e. The van der Waals surface area contributed by atoms with Crippen molar-refractivity contribution in [3.05, 3.63) is 60.2 Å². The maximum Gasteiger partial charge on any atom is 0.331 e. The first-order valence-corrected chi connectivity index (χ1v) is 8.39. The molecule has 2 aromatic carbocycles. The van der Waals surface area contributed by atoms with Gasteiger partial charge in [-0.15, -0.1) is 0 Å². The van der Waals surface area contributed by atoms with Gasteiger partial charge in [0.05, 0.1) is 14.2 Å². The monoisotopic (exact) mass is 369 g/mol. The number of likely N-dealkylation sites (N-methyl/N-ethyl adjacent to an activating group) is 1. The van der Waals surface area contributed by atoms with Crippen LogP contribution in [0.4, 0.5) is 5.69 Å². The van der Waals surface area contributed by atoms with Crippen LogP contribution < -0.4 is 14.4 Å². The zero-order valence-corrected chi connectivity index (χ0v) is 15.8. The molecule has 0 fully saturated rings. The maximum absolute atomic E-state index is 12.4. The second kappa shape index (κ2) is 9.43. The lowest BCUT2D eigenvalue weighted by molar-refractivity contribution is -0.148. The second-order valence-corrected chi connectivity index (χ2v) is 5.79. The van der Waals surface area contributed by atoms with E-state index in [1.54, 1.807) is 52.5 Å². The summed E-state index contributed by atoms with van der Waals surface area (Å²) >= 11 is 0. The molecule has 0 aliphatic rings. The highest BCUT2D eigenvalue weighted by Crippen LogP contribution is 2.23. The van der Waals surface area contributed by atoms with Crippen LogP contribution in [0.3, 0.4) is 0 Å². The van der Waals surface area contributed by atoms with E-state index in [0.717, 1.165) is 5.69 Å². The van der Waals surface area contributed by atoms with Gasteiger partial charge >= 0.3 is 5.97 Å². The highest BCUT2D eigenvalue weighted by molar-refractivity contribution is 5.98. The van der Waals surface area contributed by atoms with Crippen molar-refractivity contribution in [2.45, 2.75) is 13.0 Å². The minimum absolute atomic E-state index is 0.314. The Morgan fingerprint density at radius 1 is 1.00 bits per heavy atom. The van der Waals surface area contributed by atoms with Crippen LogP contribution in [0.5, 0.6) is 11.5 Å². The van der Waals surface area contributed by atoms with E-state index in [1.807, 2.05) is 30.3 Å². The molecule has 0 unspecified atom stereocenters. The molecule has 0 bridgehead atoms. The Morgan fingerprint density at radius 3 is 2.15 bits per heavy atom. The number of rotatable bonds is 7. The molecule has 2 aromatic rings. The summed E-state index contributed by atoms with van der Waals surface area (Å²) in [5.41, 5.74) is 1.44. The molecule has 0 spiro atoms. The van der Waals surface area contributed by atoms with Crippen LogP contribution in [0, 0.1) is 0 Å². The molecule has 0 heterocycles. The second-order valence-electron chi connectivity index (χ2n) is 5.79. The summed E-state index contributed by atoms with van der Waals surface area (Å²) in [6, 6.07) is 14.4. The van der Waals surface area contributed by atoms with E-state index in [4.69, 9.17) is 14.2 Å². The molecule has 0 saturated heterocycles. The number of esters is 1. The number of carbonyl (C=O) groups is 2. The van der Waals surface area contributed by atoms with Crippen molar-refractivity contribution in [3.63, 3.8) is 0 Å². The third-order valence-electron chi connectivity index (χ3n) is 3.90. The Labute approximate surface area is 159 Å². The van der Waals surface area contributed by atoms with Gasteiger partial charge in [0.1, 0.15) is 11.5 Å². The minimum Gasteiger partial charge on any atom is -0.497 e. The van der Waals surface area contributed by atoms with Crippen LogP contribution in [0.15, 0.2) is 54.6 Å². The predicted octanol–water partition coefficient (Wildman–Crippen LogP) is 3.31. The molecule has 142 valence electrons. The number of benzene rings is 2. The van der Waals surface area contributed by atoms with Gasteiger partial charge in [0, 0.05) is 24.9 Å². The van der Waals surface area contributed by atoms with Gasteiger partial charge in [0.2, 0.25) is 0 Å². The first-order chi connectivity index (χ1) is 12.9. The van der Waals surface area contributed by atoms with Crippen LogP contribution in [0.1, 0.15) is 12.5 Å². The van der Waals surface area contributed by atoms with Gasteiger partial charge in [0.25, 0.3) is 5.91 Å². The number of carbonyl (C=O) groups excluding carboxylic acids is 2. The number of methoxy groups -OCH3 is 2. The van der Waals surface area contributed by atoms with E-state index in [0.29, 0.717) is 17.1 Å². The van der Waals surface area contributed by atoms with Crippen molar-refractivity contribution in [2.75, 3.05) is 26.2 Å². The summed E-state index contributed by atoms with van der Waals surface area (Å²) in [4.78, 5) is 25.9. The lowest BCUT2D eigenvalue weighted by Gasteiger charge is -2.21. The molecule has 6 heteroatoms. The largest absolute Gasteiger partial charge is 0.497 e. The zero-order chi connectivity index (χ0) is 19.8. The SMILES string of the molecule is COc1cc(/C=C/C(=O)O[C@H](C)C(=O)N(C)c2ccccc2)cc(OC)c1. The van der Waals surface area contributed by atoms with Crippen molar-refractivity contribution in [1.29, 1.82) is 0 Å². The fraction of sp³-hybridized carbons (Fsp3) is 0.238. The number of hydrogen-bond acceptors (Lipinski definition) is 5. The van der Waals surface area contributed by atoms with Crippen molar-refractivity contribution >= 4 is 23.6 Å². The Bertz CT molecular complexity index is 794. The first-order valence-electron chi connectivity index (χ1n) is 8.39. The van der Waals surface area contributed by atoms with Crippen molar-refractivity contribution in [2.24, 2.45) is 0 Å². The van der Waals surface area contributed by atoms with Gasteiger partial charge in [-0.05, 0) is 42.8 Å². The standard InChI is InChI=1S/C21H23NO5/c1-15(21(24)22(2)17-8-6-5-7-9-17)27-20(23)11-10-16-12-18(25-3)14-19(13-16)26-4/h5-15H,1-4H3/b11-10+/t15-/m1/s1. The minimum atomic E-state index is -0.910. The van der Waals surface area contributed by atoms with E-state index >= 15 is 0 Å². The molecule has 2 rings (SSSR count). The average molecular weight is 369 g/mol. The Morgan fingerprint density at radius 2 is 1.59 bits per heavy atom. The predicted molar refractivity (Wildman–Crippen MR) is 104 cm³/mol. The molecule has 6 nitrogen and oxygen atoms in total. The van der Waals surface area contributed by atoms with Crippen LogP contribution >= 0.6 is 0 Å². The highest BCUT2D eigenvalue weighted by atomic mass is 16.5. The highest BCUT2D eigenvalue weighted by Gasteiger charge is 2.21. The van der Waals surface area contributed by atoms with E-state index < -0.39 is 12.1 Å². The fourth-order valence-corrected chi connectivity index (χ4v) is 2.41. The van der Waals surface area contributed by atoms with Crippen LogP contribution in [-0.2, 0) is 14.3 Å². The van der Waals surface area contributed by atoms with E-state index in [1.165, 1.54) is 11.0 Å². The lowest BCUT2D eigenvalue weighted by atomic mass is 10.2. The summed E-state index contributed by atoms with van der Waals surface area (Å²) in [5.74, 6) is 0.288. The Kier molecular flexibility index (Phi) is 7.00. The van der Waals surface area contributed by atoms with Crippen LogP contribution in [0.2, 0.25) is 0 Å². The number of anilines is 1. The molecule has 0 radical (unpaired) electrons. The zero-order valence-electron chi connectivity index (χ0n) is 15.8. The average Bonchev–Trinajstić information content (AvgIpc) is 2.71. The van der Waals surface area contributed by atoms with E-state index in [2.05, 4.69) is 0 Å². The van der Waals surface area contributed by atoms with Gasteiger partial charge in [-0.2, -0.15) is 0 Å². The summed E-state index contributed by atoms with van der Waals surface area (Å²) in [5, 5.41) is 0. The third-order valence-corrected chi connectivity index (χ3v) is 3.90. The molecule has 0 aliphatic carbocycles. The molecule has 0 N–H and O–H groups in total. The van der Waals surface area contributed by atoms with Gasteiger partial charge in [-0.3, -0.25) is 4.79 Å². The lowest BCUT2D eigenvalue weighted by Crippen LogP contribution is -2.37. The first kappa shape index (κ1) is 20.0. The molecule has 0 aliphatic heterocycles. The number of ether oxygens (including phenoxy) is 3. The summed E-state index contributed by atoms with van der Waals surface area (Å²) < 4.78 is 15.6. The van der Waals surface area contributed by atoms with Gasteiger partial charge in [-0.1, -0.05) is 18.2 Å². The van der Waals surface area contributed by atoms with Crippen molar-refractivity contribution < 1.29 is 23.8 Å². The number of amides is 1. The molecule has 0 aromatic heterocycles. The Hall–Kier alpha value is -3.28. The van der Waals surface area contributed by atoms with Crippen molar-refractivity contribution in [3.8, 4) is 11.5 Å². The summed E-state index contributed by atoms with van der Waals surface area (Å²) in [6.45, 7) is 1.54. The molecular formula is C21H23NO5. The molecule has 0 saturated carbocycles. The van der Waals surface area contributed by atoms with E-state index in [9.17, 15) is 9.59 Å². The fourth-order valence-electron chi connectivity index (χ4n) is 2.41. The number of para-hydroxylation sites is 1. The molecule has 1 atom stereocenters. The van der Waals surface area contributed by atoms with Gasteiger partial charge < -0.3 is 19.1 Å². The summed E-state index contributed by atoms with van der Waals surface area (Å²) in [7, 11) is 4.74. The number of hydrogen-bond donors (Lipinski definition) is 0. The summed E-state index contributed by atoms with van der Waals surface area (Å²) in [6.07, 6.45) is 1.93. The maximum atomic E-state index is 12.4. The van der Waals surface area contributed by atoms with Crippen LogP contribution in [-0.4, -0.2) is 39.2 Å². The quantitative estimate of drug-likeness (QED) is 0.553. The normalized spacial score (nSPS) is 11.7. The molecular weight excluding hydrogens is 346 g/mol. The van der Waals surface area contributed by atoms with Gasteiger partial charge in [0.15, 0.2) is 6.10 Å². The molecule has 1 amide bonds.